The monoisotopic (exact) mass is 326 g/mol. The minimum atomic E-state index is -0.242. The Morgan fingerprint density at radius 2 is 1.92 bits per heavy atom. The van der Waals surface area contributed by atoms with Crippen molar-refractivity contribution in [2.75, 3.05) is 19.3 Å². The SMILES string of the molecule is CCCCN(C)Cc1c(-c2ccc(F)cc2)nc2ccc(N)cn12. The summed E-state index contributed by atoms with van der Waals surface area (Å²) in [6, 6.07) is 10.3. The highest BCUT2D eigenvalue weighted by molar-refractivity contribution is 5.67. The van der Waals surface area contributed by atoms with Gasteiger partial charge < -0.3 is 15.0 Å². The van der Waals surface area contributed by atoms with Gasteiger partial charge in [-0.1, -0.05) is 13.3 Å². The van der Waals surface area contributed by atoms with Crippen molar-refractivity contribution in [3.63, 3.8) is 0 Å². The van der Waals surface area contributed by atoms with E-state index in [2.05, 4.69) is 18.9 Å². The van der Waals surface area contributed by atoms with E-state index in [1.54, 1.807) is 12.1 Å². The summed E-state index contributed by atoms with van der Waals surface area (Å²) < 4.78 is 15.3. The molecule has 0 unspecified atom stereocenters. The van der Waals surface area contributed by atoms with Crippen molar-refractivity contribution in [3.05, 3.63) is 54.1 Å². The molecule has 0 atom stereocenters. The first kappa shape index (κ1) is 16.5. The van der Waals surface area contributed by atoms with Gasteiger partial charge >= 0.3 is 0 Å². The Morgan fingerprint density at radius 1 is 1.17 bits per heavy atom. The van der Waals surface area contributed by atoms with Crippen LogP contribution in [-0.4, -0.2) is 27.9 Å². The van der Waals surface area contributed by atoms with Crippen LogP contribution in [0.1, 0.15) is 25.5 Å². The first-order valence-electron chi connectivity index (χ1n) is 8.29. The topological polar surface area (TPSA) is 46.6 Å². The molecule has 0 aliphatic heterocycles. The number of nitrogens with two attached hydrogens (primary N) is 1. The first-order chi connectivity index (χ1) is 11.6. The predicted molar refractivity (Wildman–Crippen MR) is 96.2 cm³/mol. The van der Waals surface area contributed by atoms with Crippen molar-refractivity contribution < 1.29 is 4.39 Å². The fourth-order valence-electron chi connectivity index (χ4n) is 2.86. The summed E-state index contributed by atoms with van der Waals surface area (Å²) in [5.41, 5.74) is 10.4. The van der Waals surface area contributed by atoms with Crippen LogP contribution in [0.4, 0.5) is 10.1 Å². The Bertz CT molecular complexity index is 823. The number of rotatable bonds is 6. The van der Waals surface area contributed by atoms with Gasteiger partial charge in [-0.2, -0.15) is 0 Å². The van der Waals surface area contributed by atoms with Crippen molar-refractivity contribution in [1.29, 1.82) is 0 Å². The third-order valence-corrected chi connectivity index (χ3v) is 4.17. The Hall–Kier alpha value is -2.40. The number of hydrogen-bond acceptors (Lipinski definition) is 3. The van der Waals surface area contributed by atoms with Gasteiger partial charge in [0.05, 0.1) is 11.4 Å². The number of imidazole rings is 1. The normalized spacial score (nSPS) is 11.5. The third-order valence-electron chi connectivity index (χ3n) is 4.17. The maximum atomic E-state index is 13.3. The van der Waals surface area contributed by atoms with Gasteiger partial charge in [0.2, 0.25) is 0 Å². The molecule has 0 spiro atoms. The van der Waals surface area contributed by atoms with Crippen molar-refractivity contribution in [2.24, 2.45) is 0 Å². The van der Waals surface area contributed by atoms with Crippen LogP contribution in [-0.2, 0) is 6.54 Å². The average molecular weight is 326 g/mol. The number of anilines is 1. The van der Waals surface area contributed by atoms with Crippen LogP contribution in [0.2, 0.25) is 0 Å². The third kappa shape index (κ3) is 3.41. The molecular weight excluding hydrogens is 303 g/mol. The predicted octanol–water partition coefficient (Wildman–Crippen LogP) is 3.95. The lowest BCUT2D eigenvalue weighted by atomic mass is 10.1. The molecular formula is C19H23FN4. The van der Waals surface area contributed by atoms with Crippen molar-refractivity contribution in [1.82, 2.24) is 14.3 Å². The highest BCUT2D eigenvalue weighted by Gasteiger charge is 2.16. The average Bonchev–Trinajstić information content (AvgIpc) is 2.91. The van der Waals surface area contributed by atoms with Crippen LogP contribution in [0.25, 0.3) is 16.9 Å². The van der Waals surface area contributed by atoms with Gasteiger partial charge in [-0.15, -0.1) is 0 Å². The standard InChI is InChI=1S/C19H23FN4/c1-3-4-11-23(2)13-17-19(14-5-7-15(20)8-6-14)22-18-10-9-16(21)12-24(17)18/h5-10,12H,3-4,11,13,21H2,1-2H3. The van der Waals surface area contributed by atoms with E-state index < -0.39 is 0 Å². The Balaban J connectivity index is 2.06. The second-order valence-corrected chi connectivity index (χ2v) is 6.20. The van der Waals surface area contributed by atoms with Gasteiger partial charge in [-0.05, 0) is 56.4 Å². The van der Waals surface area contributed by atoms with E-state index in [0.29, 0.717) is 5.69 Å². The maximum Gasteiger partial charge on any atom is 0.137 e. The molecule has 3 aromatic rings. The summed E-state index contributed by atoms with van der Waals surface area (Å²) in [6.07, 6.45) is 4.22. The Morgan fingerprint density at radius 3 is 2.62 bits per heavy atom. The molecule has 4 nitrogen and oxygen atoms in total. The molecule has 2 aromatic heterocycles. The van der Waals surface area contributed by atoms with Crippen LogP contribution in [0.15, 0.2) is 42.6 Å². The molecule has 0 aliphatic rings. The largest absolute Gasteiger partial charge is 0.398 e. The summed E-state index contributed by atoms with van der Waals surface area (Å²) in [5, 5.41) is 0. The van der Waals surface area contributed by atoms with Crippen LogP contribution in [0, 0.1) is 5.82 Å². The van der Waals surface area contributed by atoms with Crippen molar-refractivity contribution >= 4 is 11.3 Å². The number of halogens is 1. The zero-order valence-electron chi connectivity index (χ0n) is 14.2. The molecule has 0 aliphatic carbocycles. The zero-order valence-corrected chi connectivity index (χ0v) is 14.2. The van der Waals surface area contributed by atoms with E-state index in [-0.39, 0.29) is 5.82 Å². The quantitative estimate of drug-likeness (QED) is 0.746. The summed E-state index contributed by atoms with van der Waals surface area (Å²) in [7, 11) is 2.11. The lowest BCUT2D eigenvalue weighted by molar-refractivity contribution is 0.316. The number of benzene rings is 1. The molecule has 0 fully saturated rings. The smallest absolute Gasteiger partial charge is 0.137 e. The van der Waals surface area contributed by atoms with Crippen LogP contribution in [0.3, 0.4) is 0 Å². The number of nitrogens with zero attached hydrogens (tertiary/aromatic N) is 3. The molecule has 5 heteroatoms. The molecule has 0 bridgehead atoms. The number of pyridine rings is 1. The van der Waals surface area contributed by atoms with E-state index in [1.807, 2.05) is 22.7 Å². The highest BCUT2D eigenvalue weighted by atomic mass is 19.1. The minimum absolute atomic E-state index is 0.242. The molecule has 126 valence electrons. The number of fused-ring (bicyclic) bond motifs is 1. The van der Waals surface area contributed by atoms with Crippen LogP contribution >= 0.6 is 0 Å². The summed E-state index contributed by atoms with van der Waals surface area (Å²) in [6.45, 7) is 3.97. The summed E-state index contributed by atoms with van der Waals surface area (Å²) >= 11 is 0. The van der Waals surface area contributed by atoms with Crippen LogP contribution < -0.4 is 5.73 Å². The van der Waals surface area contributed by atoms with Crippen molar-refractivity contribution in [2.45, 2.75) is 26.3 Å². The summed E-state index contributed by atoms with van der Waals surface area (Å²) in [5.74, 6) is -0.242. The second-order valence-electron chi connectivity index (χ2n) is 6.20. The second kappa shape index (κ2) is 7.01. The van der Waals surface area contributed by atoms with Gasteiger partial charge in [0.25, 0.3) is 0 Å². The molecule has 24 heavy (non-hydrogen) atoms. The van der Waals surface area contributed by atoms with Gasteiger partial charge in [-0.3, -0.25) is 0 Å². The molecule has 3 rings (SSSR count). The lowest BCUT2D eigenvalue weighted by Gasteiger charge is -2.17. The van der Waals surface area contributed by atoms with E-state index in [9.17, 15) is 4.39 Å². The first-order valence-corrected chi connectivity index (χ1v) is 8.29. The highest BCUT2D eigenvalue weighted by Crippen LogP contribution is 2.26. The minimum Gasteiger partial charge on any atom is -0.398 e. The molecule has 0 amide bonds. The molecule has 1 aromatic carbocycles. The molecule has 2 heterocycles. The zero-order chi connectivity index (χ0) is 17.1. The molecule has 0 saturated carbocycles. The molecule has 2 N–H and O–H groups in total. The van der Waals surface area contributed by atoms with E-state index >= 15 is 0 Å². The van der Waals surface area contributed by atoms with Gasteiger partial charge in [0.15, 0.2) is 0 Å². The van der Waals surface area contributed by atoms with Gasteiger partial charge in [-0.25, -0.2) is 9.37 Å². The number of aromatic nitrogens is 2. The van der Waals surface area contributed by atoms with Gasteiger partial charge in [0.1, 0.15) is 11.5 Å². The van der Waals surface area contributed by atoms with Crippen molar-refractivity contribution in [3.8, 4) is 11.3 Å². The molecule has 0 radical (unpaired) electrons. The fourth-order valence-corrected chi connectivity index (χ4v) is 2.86. The summed E-state index contributed by atoms with van der Waals surface area (Å²) in [4.78, 5) is 7.03. The lowest BCUT2D eigenvalue weighted by Crippen LogP contribution is -2.20. The van der Waals surface area contributed by atoms with E-state index in [1.165, 1.54) is 12.1 Å². The maximum absolute atomic E-state index is 13.3. The van der Waals surface area contributed by atoms with E-state index in [0.717, 1.165) is 48.5 Å². The Kier molecular flexibility index (Phi) is 4.81. The Labute approximate surface area is 141 Å². The number of hydrogen-bond donors (Lipinski definition) is 1. The van der Waals surface area contributed by atoms with E-state index in [4.69, 9.17) is 10.7 Å². The number of unbranched alkanes of at least 4 members (excludes halogenated alkanes) is 1. The fraction of sp³-hybridized carbons (Fsp3) is 0.316. The molecule has 0 saturated heterocycles. The van der Waals surface area contributed by atoms with Gasteiger partial charge in [0, 0.05) is 24.0 Å². The number of nitrogen functional groups attached to an aromatic ring is 1. The van der Waals surface area contributed by atoms with Crippen LogP contribution in [0.5, 0.6) is 0 Å².